The van der Waals surface area contributed by atoms with E-state index in [1.54, 1.807) is 0 Å². The molecule has 0 aliphatic carbocycles. The summed E-state index contributed by atoms with van der Waals surface area (Å²) in [5, 5.41) is 0. The van der Waals surface area contributed by atoms with Crippen LogP contribution in [0.5, 0.6) is 0 Å². The van der Waals surface area contributed by atoms with E-state index in [-0.39, 0.29) is 0 Å². The molecular formula is C11H23Cl2N. The van der Waals surface area contributed by atoms with Crippen LogP contribution in [0, 0.1) is 0 Å². The Morgan fingerprint density at radius 1 is 0.714 bits per heavy atom. The Morgan fingerprint density at radius 2 is 1.14 bits per heavy atom. The summed E-state index contributed by atoms with van der Waals surface area (Å²) in [5.41, 5.74) is 0. The summed E-state index contributed by atoms with van der Waals surface area (Å²) in [5.74, 6) is 1.61. The predicted octanol–water partition coefficient (Wildman–Crippen LogP) is 3.74. The Labute approximate surface area is 98.8 Å². The molecule has 0 fully saturated rings. The van der Waals surface area contributed by atoms with Crippen molar-refractivity contribution < 1.29 is 0 Å². The Hall–Kier alpha value is 0.540. The van der Waals surface area contributed by atoms with Gasteiger partial charge in [-0.3, -0.25) is 0 Å². The van der Waals surface area contributed by atoms with E-state index in [1.165, 1.54) is 38.8 Å². The quantitative estimate of drug-likeness (QED) is 0.415. The first kappa shape index (κ1) is 14.5. The van der Waals surface area contributed by atoms with Crippen molar-refractivity contribution in [3.63, 3.8) is 0 Å². The van der Waals surface area contributed by atoms with E-state index in [0.29, 0.717) is 0 Å². The summed E-state index contributed by atoms with van der Waals surface area (Å²) in [4.78, 5) is 2.41. The molecule has 0 heterocycles. The van der Waals surface area contributed by atoms with Gasteiger partial charge in [0, 0.05) is 11.8 Å². The fraction of sp³-hybridized carbons (Fsp3) is 1.00. The highest BCUT2D eigenvalue weighted by Gasteiger charge is 1.97. The third kappa shape index (κ3) is 10.6. The average molecular weight is 240 g/mol. The normalized spacial score (nSPS) is 11.1. The van der Waals surface area contributed by atoms with Crippen LogP contribution < -0.4 is 0 Å². The lowest BCUT2D eigenvalue weighted by atomic mass is 10.2. The monoisotopic (exact) mass is 239 g/mol. The highest BCUT2D eigenvalue weighted by atomic mass is 35.5. The maximum absolute atomic E-state index is 5.61. The van der Waals surface area contributed by atoms with E-state index >= 15 is 0 Å². The fourth-order valence-corrected chi connectivity index (χ4v) is 1.80. The average Bonchev–Trinajstić information content (AvgIpc) is 2.19. The van der Waals surface area contributed by atoms with Crippen molar-refractivity contribution >= 4 is 23.2 Å². The highest BCUT2D eigenvalue weighted by molar-refractivity contribution is 6.18. The Balaban J connectivity index is 3.07. The van der Waals surface area contributed by atoms with E-state index in [4.69, 9.17) is 23.2 Å². The second-order valence-electron chi connectivity index (χ2n) is 3.80. The van der Waals surface area contributed by atoms with Crippen molar-refractivity contribution in [2.75, 3.05) is 31.9 Å². The maximum atomic E-state index is 5.61. The van der Waals surface area contributed by atoms with Crippen LogP contribution in [0.2, 0.25) is 0 Å². The van der Waals surface area contributed by atoms with Gasteiger partial charge in [-0.15, -0.1) is 23.2 Å². The van der Waals surface area contributed by atoms with Gasteiger partial charge in [0.05, 0.1) is 0 Å². The van der Waals surface area contributed by atoms with Crippen molar-refractivity contribution in [2.24, 2.45) is 0 Å². The van der Waals surface area contributed by atoms with E-state index in [9.17, 15) is 0 Å². The fourth-order valence-electron chi connectivity index (χ4n) is 1.42. The molecule has 3 heteroatoms. The van der Waals surface area contributed by atoms with Gasteiger partial charge in [-0.05, 0) is 45.8 Å². The van der Waals surface area contributed by atoms with Crippen LogP contribution in [0.4, 0.5) is 0 Å². The first-order chi connectivity index (χ1) is 6.81. The molecule has 0 saturated carbocycles. The molecule has 0 aliphatic rings. The number of hydrogen-bond acceptors (Lipinski definition) is 1. The molecule has 0 spiro atoms. The van der Waals surface area contributed by atoms with Gasteiger partial charge < -0.3 is 4.90 Å². The van der Waals surface area contributed by atoms with Gasteiger partial charge >= 0.3 is 0 Å². The molecule has 0 rings (SSSR count). The standard InChI is InChI=1S/C11H23Cl2N/c1-14(10-6-2-4-8-12)11-7-3-5-9-13/h2-11H2,1H3. The Kier molecular flexibility index (Phi) is 12.1. The second kappa shape index (κ2) is 11.6. The second-order valence-corrected chi connectivity index (χ2v) is 4.56. The van der Waals surface area contributed by atoms with Crippen LogP contribution in [-0.4, -0.2) is 36.8 Å². The van der Waals surface area contributed by atoms with Gasteiger partial charge in [0.25, 0.3) is 0 Å². The number of hydrogen-bond donors (Lipinski definition) is 0. The number of rotatable bonds is 10. The van der Waals surface area contributed by atoms with Gasteiger partial charge in [-0.1, -0.05) is 12.8 Å². The zero-order chi connectivity index (χ0) is 10.6. The molecule has 0 aromatic heterocycles. The lowest BCUT2D eigenvalue weighted by Crippen LogP contribution is -2.20. The molecule has 14 heavy (non-hydrogen) atoms. The minimum absolute atomic E-state index is 0.805. The number of unbranched alkanes of at least 4 members (excludes halogenated alkanes) is 4. The van der Waals surface area contributed by atoms with Crippen LogP contribution in [0.3, 0.4) is 0 Å². The molecule has 0 radical (unpaired) electrons. The molecule has 86 valence electrons. The molecule has 0 unspecified atom stereocenters. The predicted molar refractivity (Wildman–Crippen MR) is 66.6 cm³/mol. The zero-order valence-corrected chi connectivity index (χ0v) is 10.8. The number of halogens is 2. The van der Waals surface area contributed by atoms with Gasteiger partial charge in [-0.25, -0.2) is 0 Å². The smallest absolute Gasteiger partial charge is 0.0223 e. The molecule has 0 atom stereocenters. The van der Waals surface area contributed by atoms with Crippen LogP contribution in [0.15, 0.2) is 0 Å². The molecule has 0 bridgehead atoms. The van der Waals surface area contributed by atoms with Crippen molar-refractivity contribution in [3.05, 3.63) is 0 Å². The lowest BCUT2D eigenvalue weighted by Gasteiger charge is -2.15. The molecule has 1 nitrogen and oxygen atoms in total. The van der Waals surface area contributed by atoms with Crippen molar-refractivity contribution in [3.8, 4) is 0 Å². The summed E-state index contributed by atoms with van der Waals surface area (Å²) >= 11 is 11.2. The number of alkyl halides is 2. The van der Waals surface area contributed by atoms with Gasteiger partial charge in [0.1, 0.15) is 0 Å². The van der Waals surface area contributed by atoms with Crippen molar-refractivity contribution in [2.45, 2.75) is 38.5 Å². The van der Waals surface area contributed by atoms with Crippen molar-refractivity contribution in [1.29, 1.82) is 0 Å². The maximum Gasteiger partial charge on any atom is 0.0223 e. The summed E-state index contributed by atoms with van der Waals surface area (Å²) < 4.78 is 0. The SMILES string of the molecule is CN(CCCCCCl)CCCCCCl. The molecular weight excluding hydrogens is 217 g/mol. The molecule has 0 aromatic rings. The van der Waals surface area contributed by atoms with E-state index in [1.807, 2.05) is 0 Å². The van der Waals surface area contributed by atoms with Crippen LogP contribution in [0.25, 0.3) is 0 Å². The summed E-state index contributed by atoms with van der Waals surface area (Å²) in [6, 6.07) is 0. The molecule has 0 aliphatic heterocycles. The van der Waals surface area contributed by atoms with Gasteiger partial charge in [0.2, 0.25) is 0 Å². The largest absolute Gasteiger partial charge is 0.306 e. The molecule has 0 amide bonds. The topological polar surface area (TPSA) is 3.24 Å². The van der Waals surface area contributed by atoms with Crippen LogP contribution >= 0.6 is 23.2 Å². The van der Waals surface area contributed by atoms with E-state index in [0.717, 1.165) is 24.6 Å². The zero-order valence-electron chi connectivity index (χ0n) is 9.27. The minimum Gasteiger partial charge on any atom is -0.306 e. The minimum atomic E-state index is 0.805. The Morgan fingerprint density at radius 3 is 1.50 bits per heavy atom. The Bertz CT molecular complexity index is 97.5. The van der Waals surface area contributed by atoms with Crippen LogP contribution in [0.1, 0.15) is 38.5 Å². The van der Waals surface area contributed by atoms with Gasteiger partial charge in [-0.2, -0.15) is 0 Å². The number of nitrogens with zero attached hydrogens (tertiary/aromatic N) is 1. The molecule has 0 aromatic carbocycles. The summed E-state index contributed by atoms with van der Waals surface area (Å²) in [7, 11) is 2.20. The van der Waals surface area contributed by atoms with Crippen molar-refractivity contribution in [1.82, 2.24) is 4.90 Å². The molecule has 0 saturated heterocycles. The summed E-state index contributed by atoms with van der Waals surface area (Å²) in [6.45, 7) is 2.41. The third-order valence-corrected chi connectivity index (χ3v) is 2.88. The van der Waals surface area contributed by atoms with E-state index in [2.05, 4.69) is 11.9 Å². The van der Waals surface area contributed by atoms with Crippen LogP contribution in [-0.2, 0) is 0 Å². The lowest BCUT2D eigenvalue weighted by molar-refractivity contribution is 0.317. The van der Waals surface area contributed by atoms with E-state index < -0.39 is 0 Å². The third-order valence-electron chi connectivity index (χ3n) is 2.35. The molecule has 0 N–H and O–H groups in total. The highest BCUT2D eigenvalue weighted by Crippen LogP contribution is 2.02. The summed E-state index contributed by atoms with van der Waals surface area (Å²) in [6.07, 6.45) is 7.38. The van der Waals surface area contributed by atoms with Gasteiger partial charge in [0.15, 0.2) is 0 Å². The first-order valence-corrected chi connectivity index (χ1v) is 6.68. The first-order valence-electron chi connectivity index (χ1n) is 5.61.